The normalized spacial score (nSPS) is 17.7. The number of benzene rings is 1. The van der Waals surface area contributed by atoms with Crippen LogP contribution >= 0.6 is 11.6 Å². The van der Waals surface area contributed by atoms with Gasteiger partial charge < -0.3 is 10.2 Å². The molecule has 1 amide bonds. The van der Waals surface area contributed by atoms with Gasteiger partial charge in [-0.25, -0.2) is 8.42 Å². The lowest BCUT2D eigenvalue weighted by atomic mass is 9.96. The van der Waals surface area contributed by atoms with Crippen molar-refractivity contribution in [3.05, 3.63) is 34.9 Å². The van der Waals surface area contributed by atoms with Crippen molar-refractivity contribution < 1.29 is 13.2 Å². The van der Waals surface area contributed by atoms with E-state index >= 15 is 0 Å². The lowest BCUT2D eigenvalue weighted by Crippen LogP contribution is -2.52. The first kappa shape index (κ1) is 20.2. The number of halogens is 1. The minimum atomic E-state index is -3.18. The van der Waals surface area contributed by atoms with Gasteiger partial charge in [0, 0.05) is 37.2 Å². The van der Waals surface area contributed by atoms with E-state index in [0.717, 1.165) is 5.56 Å². The number of rotatable bonds is 6. The maximum Gasteiger partial charge on any atom is 0.236 e. The second-order valence-corrected chi connectivity index (χ2v) is 9.12. The van der Waals surface area contributed by atoms with Crippen LogP contribution in [0.4, 0.5) is 0 Å². The molecule has 1 heterocycles. The van der Waals surface area contributed by atoms with Gasteiger partial charge in [0.25, 0.3) is 0 Å². The highest BCUT2D eigenvalue weighted by Crippen LogP contribution is 2.23. The number of sulfonamides is 1. The predicted molar refractivity (Wildman–Crippen MR) is 100 cm³/mol. The second-order valence-electron chi connectivity index (χ2n) is 6.70. The molecule has 1 saturated heterocycles. The van der Waals surface area contributed by atoms with Gasteiger partial charge in [0.2, 0.25) is 15.9 Å². The van der Waals surface area contributed by atoms with Crippen LogP contribution < -0.4 is 5.32 Å². The van der Waals surface area contributed by atoms with Crippen molar-refractivity contribution in [2.24, 2.45) is 5.92 Å². The second kappa shape index (κ2) is 8.49. The number of hydrogen-bond acceptors (Lipinski definition) is 4. The Morgan fingerprint density at radius 1 is 1.16 bits per heavy atom. The average molecular weight is 388 g/mol. The van der Waals surface area contributed by atoms with E-state index in [1.807, 2.05) is 24.3 Å². The Morgan fingerprint density at radius 3 is 2.20 bits per heavy atom. The summed E-state index contributed by atoms with van der Waals surface area (Å²) >= 11 is 5.94. The monoisotopic (exact) mass is 387 g/mol. The summed E-state index contributed by atoms with van der Waals surface area (Å²) < 4.78 is 24.5. The number of amides is 1. The van der Waals surface area contributed by atoms with Crippen molar-refractivity contribution in [1.29, 1.82) is 0 Å². The maximum atomic E-state index is 12.4. The van der Waals surface area contributed by atoms with E-state index in [-0.39, 0.29) is 18.5 Å². The molecule has 0 aliphatic carbocycles. The highest BCUT2D eigenvalue weighted by molar-refractivity contribution is 7.88. The molecule has 1 aromatic rings. The van der Waals surface area contributed by atoms with Gasteiger partial charge in [-0.15, -0.1) is 0 Å². The van der Waals surface area contributed by atoms with Gasteiger partial charge in [-0.1, -0.05) is 37.6 Å². The molecule has 0 spiro atoms. The first-order chi connectivity index (χ1) is 11.7. The van der Waals surface area contributed by atoms with Crippen LogP contribution in [0, 0.1) is 5.92 Å². The standard InChI is InChI=1S/C17H26ClN3O3S/c1-13(2)17(14-4-6-15(18)7-5-14)19-12-16(22)20-8-10-21(11-9-20)25(3,23)24/h4-7,13,17,19H,8-12H2,1-3H3. The summed E-state index contributed by atoms with van der Waals surface area (Å²) in [5.74, 6) is 0.309. The van der Waals surface area contributed by atoms with Crippen LogP contribution in [0.2, 0.25) is 5.02 Å². The predicted octanol–water partition coefficient (Wildman–Crippen LogP) is 1.73. The lowest BCUT2D eigenvalue weighted by Gasteiger charge is -2.34. The Morgan fingerprint density at radius 2 is 1.72 bits per heavy atom. The average Bonchev–Trinajstić information content (AvgIpc) is 2.55. The number of hydrogen-bond donors (Lipinski definition) is 1. The van der Waals surface area contributed by atoms with Crippen LogP contribution in [0.5, 0.6) is 0 Å². The van der Waals surface area contributed by atoms with Crippen molar-refractivity contribution in [2.75, 3.05) is 39.0 Å². The van der Waals surface area contributed by atoms with Gasteiger partial charge in [0.15, 0.2) is 0 Å². The number of nitrogens with zero attached hydrogens (tertiary/aromatic N) is 2. The quantitative estimate of drug-likeness (QED) is 0.807. The summed E-state index contributed by atoms with van der Waals surface area (Å²) in [4.78, 5) is 14.2. The molecule has 25 heavy (non-hydrogen) atoms. The molecule has 8 heteroatoms. The molecule has 1 atom stereocenters. The summed E-state index contributed by atoms with van der Waals surface area (Å²) in [5, 5.41) is 4.01. The molecule has 2 rings (SSSR count). The molecule has 0 bridgehead atoms. The largest absolute Gasteiger partial charge is 0.339 e. The molecule has 6 nitrogen and oxygen atoms in total. The van der Waals surface area contributed by atoms with Gasteiger partial charge in [-0.05, 0) is 23.6 Å². The summed E-state index contributed by atoms with van der Waals surface area (Å²) in [6.45, 7) is 6.00. The molecule has 1 N–H and O–H groups in total. The zero-order valence-electron chi connectivity index (χ0n) is 14.9. The number of carbonyl (C=O) groups is 1. The SMILES string of the molecule is CC(C)C(NCC(=O)N1CCN(S(C)(=O)=O)CC1)c1ccc(Cl)cc1. The maximum absolute atomic E-state index is 12.4. The highest BCUT2D eigenvalue weighted by atomic mass is 35.5. The zero-order valence-corrected chi connectivity index (χ0v) is 16.5. The van der Waals surface area contributed by atoms with Crippen molar-refractivity contribution in [2.45, 2.75) is 19.9 Å². The topological polar surface area (TPSA) is 69.7 Å². The van der Waals surface area contributed by atoms with Gasteiger partial charge in [-0.2, -0.15) is 4.31 Å². The Balaban J connectivity index is 1.90. The molecule has 0 saturated carbocycles. The van der Waals surface area contributed by atoms with E-state index < -0.39 is 10.0 Å². The van der Waals surface area contributed by atoms with Crippen molar-refractivity contribution in [1.82, 2.24) is 14.5 Å². The van der Waals surface area contributed by atoms with Gasteiger partial charge >= 0.3 is 0 Å². The van der Waals surface area contributed by atoms with E-state index in [4.69, 9.17) is 11.6 Å². The van der Waals surface area contributed by atoms with Gasteiger partial charge in [-0.3, -0.25) is 4.79 Å². The summed E-state index contributed by atoms with van der Waals surface area (Å²) in [5.41, 5.74) is 1.09. The minimum absolute atomic E-state index is 0.00670. The third-order valence-corrected chi connectivity index (χ3v) is 5.98. The first-order valence-corrected chi connectivity index (χ1v) is 10.6. The van der Waals surface area contributed by atoms with Gasteiger partial charge in [0.05, 0.1) is 12.8 Å². The Bertz CT molecular complexity index is 684. The third kappa shape index (κ3) is 5.67. The highest BCUT2D eigenvalue weighted by Gasteiger charge is 2.26. The molecule has 140 valence electrons. The van der Waals surface area contributed by atoms with Crippen molar-refractivity contribution in [3.8, 4) is 0 Å². The minimum Gasteiger partial charge on any atom is -0.339 e. The van der Waals surface area contributed by atoms with E-state index in [2.05, 4.69) is 19.2 Å². The fraction of sp³-hybridized carbons (Fsp3) is 0.588. The molecule has 1 aliphatic heterocycles. The van der Waals surface area contributed by atoms with E-state index in [0.29, 0.717) is 37.1 Å². The van der Waals surface area contributed by atoms with Crippen LogP contribution in [0.1, 0.15) is 25.5 Å². The molecule has 1 aliphatic rings. The zero-order chi connectivity index (χ0) is 18.6. The van der Waals surface area contributed by atoms with Crippen LogP contribution in [0.3, 0.4) is 0 Å². The third-order valence-electron chi connectivity index (χ3n) is 4.43. The summed E-state index contributed by atoms with van der Waals surface area (Å²) in [7, 11) is -3.18. The van der Waals surface area contributed by atoms with E-state index in [1.54, 1.807) is 4.90 Å². The van der Waals surface area contributed by atoms with Crippen molar-refractivity contribution in [3.63, 3.8) is 0 Å². The van der Waals surface area contributed by atoms with Crippen LogP contribution in [-0.2, 0) is 14.8 Å². The summed E-state index contributed by atoms with van der Waals surface area (Å²) in [6, 6.07) is 7.68. The molecule has 0 aromatic heterocycles. The van der Waals surface area contributed by atoms with Crippen LogP contribution in [0.25, 0.3) is 0 Å². The molecule has 0 radical (unpaired) electrons. The summed E-state index contributed by atoms with van der Waals surface area (Å²) in [6.07, 6.45) is 1.20. The Hall–Kier alpha value is -1.15. The molecular formula is C17H26ClN3O3S. The van der Waals surface area contributed by atoms with E-state index in [9.17, 15) is 13.2 Å². The molecular weight excluding hydrogens is 362 g/mol. The molecule has 1 fully saturated rings. The Kier molecular flexibility index (Phi) is 6.85. The van der Waals surface area contributed by atoms with Crippen LogP contribution in [-0.4, -0.2) is 62.5 Å². The fourth-order valence-electron chi connectivity index (χ4n) is 2.99. The van der Waals surface area contributed by atoms with Gasteiger partial charge in [0.1, 0.15) is 0 Å². The Labute approximate surface area is 155 Å². The fourth-order valence-corrected chi connectivity index (χ4v) is 3.94. The van der Waals surface area contributed by atoms with Crippen LogP contribution in [0.15, 0.2) is 24.3 Å². The molecule has 1 aromatic carbocycles. The number of carbonyl (C=O) groups excluding carboxylic acids is 1. The van der Waals surface area contributed by atoms with E-state index in [1.165, 1.54) is 10.6 Å². The number of nitrogens with one attached hydrogen (secondary N) is 1. The lowest BCUT2D eigenvalue weighted by molar-refractivity contribution is -0.131. The number of piperazine rings is 1. The van der Waals surface area contributed by atoms with Crippen molar-refractivity contribution >= 4 is 27.5 Å². The molecule has 1 unspecified atom stereocenters. The first-order valence-electron chi connectivity index (χ1n) is 8.40. The smallest absolute Gasteiger partial charge is 0.236 e.